The van der Waals surface area contributed by atoms with E-state index in [4.69, 9.17) is 9.47 Å². The largest absolute Gasteiger partial charge is 0.392 e. The maximum atomic E-state index is 9.66. The van der Waals surface area contributed by atoms with Crippen molar-refractivity contribution in [1.82, 2.24) is 9.80 Å². The molecular weight excluding hydrogens is 376 g/mol. The van der Waals surface area contributed by atoms with Gasteiger partial charge in [-0.25, -0.2) is 0 Å². The molecule has 4 N–H and O–H groups in total. The van der Waals surface area contributed by atoms with Crippen LogP contribution in [0.1, 0.15) is 48.5 Å². The van der Waals surface area contributed by atoms with Gasteiger partial charge in [0.2, 0.25) is 0 Å². The van der Waals surface area contributed by atoms with Crippen molar-refractivity contribution < 1.29 is 29.9 Å². The van der Waals surface area contributed by atoms with Crippen LogP contribution in [-0.2, 0) is 9.47 Å². The molecule has 0 aliphatic heterocycles. The highest BCUT2D eigenvalue weighted by atomic mass is 16.5. The van der Waals surface area contributed by atoms with Crippen molar-refractivity contribution in [3.8, 4) is 0 Å². The summed E-state index contributed by atoms with van der Waals surface area (Å²) in [5.41, 5.74) is 0. The fraction of sp³-hybridized carbons (Fsp3) is 1.00. The Kier molecular flexibility index (Phi) is 15.3. The predicted octanol–water partition coefficient (Wildman–Crippen LogP) is 0.312. The van der Waals surface area contributed by atoms with Crippen molar-refractivity contribution in [3.63, 3.8) is 0 Å². The van der Waals surface area contributed by atoms with E-state index in [-0.39, 0.29) is 18.2 Å². The van der Waals surface area contributed by atoms with Crippen molar-refractivity contribution in [1.29, 1.82) is 0 Å². The van der Waals surface area contributed by atoms with Gasteiger partial charge >= 0.3 is 0 Å². The average molecular weight is 423 g/mol. The number of aliphatic hydroxyl groups excluding tert-OH is 4. The first-order chi connectivity index (χ1) is 13.4. The second kappa shape index (κ2) is 15.5. The topological polar surface area (TPSA) is 106 Å². The fourth-order valence-corrected chi connectivity index (χ4v) is 3.19. The molecule has 0 amide bonds. The zero-order valence-corrected chi connectivity index (χ0v) is 19.5. The Labute approximate surface area is 177 Å². The summed E-state index contributed by atoms with van der Waals surface area (Å²) in [6.07, 6.45) is -1.96. The van der Waals surface area contributed by atoms with Crippen LogP contribution >= 0.6 is 0 Å². The summed E-state index contributed by atoms with van der Waals surface area (Å²) in [6.45, 7) is 16.3. The van der Waals surface area contributed by atoms with Crippen LogP contribution in [0.4, 0.5) is 0 Å². The first-order valence-corrected chi connectivity index (χ1v) is 10.8. The smallest absolute Gasteiger partial charge is 0.0781 e. The fourth-order valence-electron chi connectivity index (χ4n) is 3.19. The van der Waals surface area contributed by atoms with Crippen LogP contribution in [-0.4, -0.2) is 119 Å². The van der Waals surface area contributed by atoms with E-state index in [0.29, 0.717) is 46.0 Å². The second-order valence-corrected chi connectivity index (χ2v) is 8.68. The van der Waals surface area contributed by atoms with Crippen molar-refractivity contribution in [3.05, 3.63) is 0 Å². The highest BCUT2D eigenvalue weighted by molar-refractivity contribution is 4.73. The van der Waals surface area contributed by atoms with E-state index in [1.807, 2.05) is 30.6 Å². The SMILES string of the molecule is CC(O)CN(CC(C)O)C(C)COCC(C)OCC(C)N(CC(C)O)CC(C)O. The standard InChI is InChI=1S/C21H46N2O6/c1-15(22(8-17(3)24)9-18(4)25)12-28-14-21(7)29-13-16(2)23(10-19(5)26)11-20(6)27/h15-21,24-27H,8-14H2,1-7H3. The number of hydrogen-bond acceptors (Lipinski definition) is 8. The molecule has 0 aliphatic rings. The van der Waals surface area contributed by atoms with E-state index in [2.05, 4.69) is 0 Å². The molecule has 0 saturated heterocycles. The molecule has 0 aromatic heterocycles. The summed E-state index contributed by atoms with van der Waals surface area (Å²) in [4.78, 5) is 4.04. The van der Waals surface area contributed by atoms with Crippen molar-refractivity contribution in [2.75, 3.05) is 46.0 Å². The van der Waals surface area contributed by atoms with E-state index in [1.54, 1.807) is 27.7 Å². The van der Waals surface area contributed by atoms with E-state index in [9.17, 15) is 20.4 Å². The van der Waals surface area contributed by atoms with Gasteiger partial charge in [0.15, 0.2) is 0 Å². The monoisotopic (exact) mass is 422 g/mol. The van der Waals surface area contributed by atoms with Crippen molar-refractivity contribution >= 4 is 0 Å². The van der Waals surface area contributed by atoms with Crippen LogP contribution in [0, 0.1) is 0 Å². The van der Waals surface area contributed by atoms with Gasteiger partial charge in [-0.1, -0.05) is 0 Å². The van der Waals surface area contributed by atoms with Crippen LogP contribution < -0.4 is 0 Å². The molecule has 0 aliphatic carbocycles. The molecule has 0 rings (SSSR count). The normalized spacial score (nSPS) is 19.8. The first kappa shape index (κ1) is 28.7. The molecule has 0 saturated carbocycles. The number of ether oxygens (including phenoxy) is 2. The van der Waals surface area contributed by atoms with Crippen LogP contribution in [0.5, 0.6) is 0 Å². The Hall–Kier alpha value is -0.320. The van der Waals surface area contributed by atoms with Gasteiger partial charge in [-0.15, -0.1) is 0 Å². The van der Waals surface area contributed by atoms with Crippen molar-refractivity contribution in [2.24, 2.45) is 0 Å². The minimum absolute atomic E-state index is 0.0631. The number of aliphatic hydroxyl groups is 4. The maximum Gasteiger partial charge on any atom is 0.0781 e. The van der Waals surface area contributed by atoms with Crippen LogP contribution in [0.3, 0.4) is 0 Å². The summed E-state index contributed by atoms with van der Waals surface area (Å²) in [7, 11) is 0. The van der Waals surface area contributed by atoms with E-state index in [0.717, 1.165) is 0 Å². The third-order valence-electron chi connectivity index (χ3n) is 4.58. The maximum absolute atomic E-state index is 9.66. The minimum Gasteiger partial charge on any atom is -0.392 e. The van der Waals surface area contributed by atoms with E-state index < -0.39 is 24.4 Å². The lowest BCUT2D eigenvalue weighted by Gasteiger charge is -2.32. The summed E-state index contributed by atoms with van der Waals surface area (Å²) in [5, 5.41) is 38.6. The first-order valence-electron chi connectivity index (χ1n) is 10.8. The van der Waals surface area contributed by atoms with Gasteiger partial charge in [0.1, 0.15) is 0 Å². The molecule has 0 spiro atoms. The quantitative estimate of drug-likeness (QED) is 0.265. The summed E-state index contributed by atoms with van der Waals surface area (Å²) in [6, 6.07) is 0.131. The molecule has 0 aromatic carbocycles. The van der Waals surface area contributed by atoms with Gasteiger partial charge in [0.05, 0.1) is 50.3 Å². The van der Waals surface area contributed by atoms with E-state index in [1.165, 1.54) is 0 Å². The molecule has 0 radical (unpaired) electrons. The highest BCUT2D eigenvalue weighted by Crippen LogP contribution is 2.07. The molecule has 7 unspecified atom stereocenters. The van der Waals surface area contributed by atoms with Crippen LogP contribution in [0.15, 0.2) is 0 Å². The highest BCUT2D eigenvalue weighted by Gasteiger charge is 2.20. The molecule has 0 bridgehead atoms. The lowest BCUT2D eigenvalue weighted by atomic mass is 10.2. The van der Waals surface area contributed by atoms with Crippen LogP contribution in [0.25, 0.3) is 0 Å². The Morgan fingerprint density at radius 3 is 1.24 bits per heavy atom. The Bertz CT molecular complexity index is 375. The van der Waals surface area contributed by atoms with Crippen molar-refractivity contribution in [2.45, 2.75) is 91.1 Å². The van der Waals surface area contributed by atoms with E-state index >= 15 is 0 Å². The molecule has 176 valence electrons. The zero-order valence-electron chi connectivity index (χ0n) is 19.5. The number of nitrogens with zero attached hydrogens (tertiary/aromatic N) is 2. The molecule has 0 heterocycles. The molecule has 0 aromatic rings. The summed E-state index contributed by atoms with van der Waals surface area (Å²) in [5.74, 6) is 0. The molecule has 8 nitrogen and oxygen atoms in total. The third-order valence-corrected chi connectivity index (χ3v) is 4.58. The third kappa shape index (κ3) is 15.2. The van der Waals surface area contributed by atoms with Gasteiger partial charge in [-0.05, 0) is 48.5 Å². The summed E-state index contributed by atoms with van der Waals surface area (Å²) >= 11 is 0. The Balaban J connectivity index is 4.33. The Morgan fingerprint density at radius 2 is 0.897 bits per heavy atom. The summed E-state index contributed by atoms with van der Waals surface area (Å²) < 4.78 is 11.7. The predicted molar refractivity (Wildman–Crippen MR) is 115 cm³/mol. The minimum atomic E-state index is -0.468. The van der Waals surface area contributed by atoms with Gasteiger partial charge in [0.25, 0.3) is 0 Å². The second-order valence-electron chi connectivity index (χ2n) is 8.68. The van der Waals surface area contributed by atoms with Gasteiger partial charge in [-0.3, -0.25) is 9.80 Å². The van der Waals surface area contributed by atoms with Gasteiger partial charge in [-0.2, -0.15) is 0 Å². The number of rotatable bonds is 17. The Morgan fingerprint density at radius 1 is 0.552 bits per heavy atom. The lowest BCUT2D eigenvalue weighted by Crippen LogP contribution is -2.45. The molecule has 29 heavy (non-hydrogen) atoms. The molecule has 8 heteroatoms. The average Bonchev–Trinajstić information content (AvgIpc) is 2.56. The van der Waals surface area contributed by atoms with Crippen LogP contribution in [0.2, 0.25) is 0 Å². The molecule has 7 atom stereocenters. The zero-order chi connectivity index (χ0) is 22.6. The molecular formula is C21H46N2O6. The molecule has 0 fully saturated rings. The number of hydrogen-bond donors (Lipinski definition) is 4. The van der Waals surface area contributed by atoms with Gasteiger partial charge in [0, 0.05) is 38.3 Å². The lowest BCUT2D eigenvalue weighted by molar-refractivity contribution is -0.0477. The van der Waals surface area contributed by atoms with Gasteiger partial charge < -0.3 is 29.9 Å².